The first-order valence-corrected chi connectivity index (χ1v) is 5.82. The third-order valence-corrected chi connectivity index (χ3v) is 2.53. The maximum Gasteiger partial charge on any atom is 0.224 e. The zero-order chi connectivity index (χ0) is 12.0. The number of halogens is 2. The van der Waals surface area contributed by atoms with E-state index in [1.807, 2.05) is 7.05 Å². The molecule has 5 heteroatoms. The molecule has 3 nitrogen and oxygen atoms in total. The van der Waals surface area contributed by atoms with Crippen LogP contribution in [0.15, 0.2) is 22.7 Å². The first kappa shape index (κ1) is 13.1. The van der Waals surface area contributed by atoms with Crippen LogP contribution < -0.4 is 10.6 Å². The SMILES string of the molecule is CNCCCC(=O)Nc1ccc(Br)cc1F. The number of nitrogens with one attached hydrogen (secondary N) is 2. The van der Waals surface area contributed by atoms with Gasteiger partial charge in [0.05, 0.1) is 5.69 Å². The number of anilines is 1. The Balaban J connectivity index is 2.49. The average Bonchev–Trinajstić information content (AvgIpc) is 2.23. The van der Waals surface area contributed by atoms with Gasteiger partial charge in [0.25, 0.3) is 0 Å². The lowest BCUT2D eigenvalue weighted by Gasteiger charge is -2.06. The predicted octanol–water partition coefficient (Wildman–Crippen LogP) is 2.53. The van der Waals surface area contributed by atoms with E-state index in [4.69, 9.17) is 0 Å². The van der Waals surface area contributed by atoms with Crippen LogP contribution in [0.4, 0.5) is 10.1 Å². The monoisotopic (exact) mass is 288 g/mol. The Kier molecular flexibility index (Phi) is 5.42. The Bertz CT molecular complexity index is 371. The fourth-order valence-corrected chi connectivity index (χ4v) is 1.56. The fraction of sp³-hybridized carbons (Fsp3) is 0.364. The first-order valence-electron chi connectivity index (χ1n) is 5.03. The van der Waals surface area contributed by atoms with Gasteiger partial charge >= 0.3 is 0 Å². The zero-order valence-electron chi connectivity index (χ0n) is 9.02. The number of carbonyl (C=O) groups is 1. The van der Waals surface area contributed by atoms with Crippen LogP contribution in [0.2, 0.25) is 0 Å². The molecule has 0 aliphatic rings. The van der Waals surface area contributed by atoms with E-state index in [1.165, 1.54) is 12.1 Å². The van der Waals surface area contributed by atoms with Crippen molar-refractivity contribution in [2.45, 2.75) is 12.8 Å². The quantitative estimate of drug-likeness (QED) is 0.818. The molecule has 0 saturated carbocycles. The highest BCUT2D eigenvalue weighted by Crippen LogP contribution is 2.19. The van der Waals surface area contributed by atoms with E-state index < -0.39 is 5.82 Å². The van der Waals surface area contributed by atoms with Crippen LogP contribution in [0.5, 0.6) is 0 Å². The minimum Gasteiger partial charge on any atom is -0.324 e. The predicted molar refractivity (Wildman–Crippen MR) is 65.9 cm³/mol. The minimum atomic E-state index is -0.434. The van der Waals surface area contributed by atoms with Gasteiger partial charge in [0.1, 0.15) is 5.82 Å². The van der Waals surface area contributed by atoms with Crippen LogP contribution in [0.1, 0.15) is 12.8 Å². The number of rotatable bonds is 5. The van der Waals surface area contributed by atoms with E-state index in [9.17, 15) is 9.18 Å². The van der Waals surface area contributed by atoms with Gasteiger partial charge in [-0.05, 0) is 38.2 Å². The van der Waals surface area contributed by atoms with Crippen molar-refractivity contribution in [1.29, 1.82) is 0 Å². The summed E-state index contributed by atoms with van der Waals surface area (Å²) in [4.78, 5) is 11.4. The highest BCUT2D eigenvalue weighted by Gasteiger charge is 2.06. The summed E-state index contributed by atoms with van der Waals surface area (Å²) in [5.41, 5.74) is 0.220. The zero-order valence-corrected chi connectivity index (χ0v) is 10.6. The Labute approximate surface area is 103 Å². The summed E-state index contributed by atoms with van der Waals surface area (Å²) in [5, 5.41) is 5.48. The van der Waals surface area contributed by atoms with E-state index in [1.54, 1.807) is 6.07 Å². The summed E-state index contributed by atoms with van der Waals surface area (Å²) < 4.78 is 14.0. The topological polar surface area (TPSA) is 41.1 Å². The Morgan fingerprint density at radius 2 is 2.25 bits per heavy atom. The molecule has 1 rings (SSSR count). The molecular formula is C11H14BrFN2O. The maximum absolute atomic E-state index is 13.3. The highest BCUT2D eigenvalue weighted by atomic mass is 79.9. The van der Waals surface area contributed by atoms with Crippen LogP contribution in [0.25, 0.3) is 0 Å². The Morgan fingerprint density at radius 3 is 2.88 bits per heavy atom. The van der Waals surface area contributed by atoms with Crippen LogP contribution in [-0.2, 0) is 4.79 Å². The number of carbonyl (C=O) groups excluding carboxylic acids is 1. The lowest BCUT2D eigenvalue weighted by Crippen LogP contribution is -2.15. The lowest BCUT2D eigenvalue weighted by atomic mass is 10.2. The van der Waals surface area contributed by atoms with E-state index >= 15 is 0 Å². The molecule has 0 saturated heterocycles. The summed E-state index contributed by atoms with van der Waals surface area (Å²) in [6, 6.07) is 4.55. The summed E-state index contributed by atoms with van der Waals surface area (Å²) in [7, 11) is 1.83. The molecule has 0 heterocycles. The van der Waals surface area contributed by atoms with Crippen LogP contribution in [0, 0.1) is 5.82 Å². The third-order valence-electron chi connectivity index (χ3n) is 2.04. The van der Waals surface area contributed by atoms with Gasteiger partial charge < -0.3 is 10.6 Å². The molecule has 1 aromatic carbocycles. The number of hydrogen-bond donors (Lipinski definition) is 2. The molecule has 0 aromatic heterocycles. The smallest absolute Gasteiger partial charge is 0.224 e. The number of amides is 1. The molecule has 16 heavy (non-hydrogen) atoms. The number of hydrogen-bond acceptors (Lipinski definition) is 2. The van der Waals surface area contributed by atoms with Crippen molar-refractivity contribution >= 4 is 27.5 Å². The van der Waals surface area contributed by atoms with Gasteiger partial charge in [0.15, 0.2) is 0 Å². The molecule has 88 valence electrons. The minimum absolute atomic E-state index is 0.170. The molecular weight excluding hydrogens is 275 g/mol. The summed E-state index contributed by atoms with van der Waals surface area (Å²) in [5.74, 6) is -0.604. The summed E-state index contributed by atoms with van der Waals surface area (Å²) >= 11 is 3.15. The third kappa shape index (κ3) is 4.28. The summed E-state index contributed by atoms with van der Waals surface area (Å²) in [6.07, 6.45) is 1.12. The van der Waals surface area contributed by atoms with Crippen molar-refractivity contribution in [3.63, 3.8) is 0 Å². The standard InChI is InChI=1S/C11H14BrFN2O/c1-14-6-2-3-11(16)15-10-5-4-8(12)7-9(10)13/h4-5,7,14H,2-3,6H2,1H3,(H,15,16). The van der Waals surface area contributed by atoms with Crippen molar-refractivity contribution in [1.82, 2.24) is 5.32 Å². The number of benzene rings is 1. The van der Waals surface area contributed by atoms with E-state index in [-0.39, 0.29) is 11.6 Å². The highest BCUT2D eigenvalue weighted by molar-refractivity contribution is 9.10. The lowest BCUT2D eigenvalue weighted by molar-refractivity contribution is -0.116. The second-order valence-corrected chi connectivity index (χ2v) is 4.30. The second-order valence-electron chi connectivity index (χ2n) is 3.38. The normalized spacial score (nSPS) is 10.2. The van der Waals surface area contributed by atoms with Crippen LogP contribution >= 0.6 is 15.9 Å². The van der Waals surface area contributed by atoms with Crippen molar-refractivity contribution in [2.24, 2.45) is 0 Å². The van der Waals surface area contributed by atoms with E-state index in [0.29, 0.717) is 10.9 Å². The molecule has 0 aliphatic heterocycles. The molecule has 2 N–H and O–H groups in total. The molecule has 0 fully saturated rings. The Hall–Kier alpha value is -0.940. The van der Waals surface area contributed by atoms with Crippen molar-refractivity contribution in [3.8, 4) is 0 Å². The van der Waals surface area contributed by atoms with Gasteiger partial charge in [0.2, 0.25) is 5.91 Å². The molecule has 0 radical (unpaired) electrons. The van der Waals surface area contributed by atoms with Gasteiger partial charge in [-0.2, -0.15) is 0 Å². The maximum atomic E-state index is 13.3. The average molecular weight is 289 g/mol. The van der Waals surface area contributed by atoms with Crippen LogP contribution in [-0.4, -0.2) is 19.5 Å². The van der Waals surface area contributed by atoms with E-state index in [0.717, 1.165) is 13.0 Å². The second kappa shape index (κ2) is 6.60. The van der Waals surface area contributed by atoms with E-state index in [2.05, 4.69) is 26.6 Å². The van der Waals surface area contributed by atoms with Crippen molar-refractivity contribution < 1.29 is 9.18 Å². The molecule has 0 atom stereocenters. The van der Waals surface area contributed by atoms with Gasteiger partial charge in [-0.1, -0.05) is 15.9 Å². The molecule has 1 amide bonds. The fourth-order valence-electron chi connectivity index (χ4n) is 1.23. The molecule has 0 unspecified atom stereocenters. The summed E-state index contributed by atoms with van der Waals surface area (Å²) in [6.45, 7) is 0.774. The largest absolute Gasteiger partial charge is 0.324 e. The van der Waals surface area contributed by atoms with Crippen LogP contribution in [0.3, 0.4) is 0 Å². The van der Waals surface area contributed by atoms with Gasteiger partial charge in [0, 0.05) is 10.9 Å². The Morgan fingerprint density at radius 1 is 1.50 bits per heavy atom. The van der Waals surface area contributed by atoms with Crippen molar-refractivity contribution in [2.75, 3.05) is 18.9 Å². The molecule has 0 aliphatic carbocycles. The molecule has 0 spiro atoms. The first-order chi connectivity index (χ1) is 7.63. The molecule has 1 aromatic rings. The van der Waals surface area contributed by atoms with Gasteiger partial charge in [-0.15, -0.1) is 0 Å². The van der Waals surface area contributed by atoms with Gasteiger partial charge in [-0.25, -0.2) is 4.39 Å². The van der Waals surface area contributed by atoms with Crippen molar-refractivity contribution in [3.05, 3.63) is 28.5 Å². The molecule has 0 bridgehead atoms. The van der Waals surface area contributed by atoms with Gasteiger partial charge in [-0.3, -0.25) is 4.79 Å².